The van der Waals surface area contributed by atoms with Crippen molar-refractivity contribution in [3.05, 3.63) is 42.2 Å². The first kappa shape index (κ1) is 13.2. The van der Waals surface area contributed by atoms with Crippen molar-refractivity contribution in [3.8, 4) is 0 Å². The summed E-state index contributed by atoms with van der Waals surface area (Å²) in [6.07, 6.45) is 4.90. The van der Waals surface area contributed by atoms with Crippen molar-refractivity contribution in [3.63, 3.8) is 0 Å². The minimum absolute atomic E-state index is 0.139. The van der Waals surface area contributed by atoms with Crippen molar-refractivity contribution in [1.29, 1.82) is 0 Å². The summed E-state index contributed by atoms with van der Waals surface area (Å²) in [6.45, 7) is 1.58. The number of Topliss-reactive ketones (excluding diaryl/α,β-unsaturated/α-hetero) is 1. The quantitative estimate of drug-likeness (QED) is 0.868. The number of nitrogens with two attached hydrogens (primary N) is 1. The van der Waals surface area contributed by atoms with Gasteiger partial charge < -0.3 is 10.5 Å². The molecule has 0 unspecified atom stereocenters. The number of ether oxygens (including phenoxy) is 1. The Morgan fingerprint density at radius 1 is 1.30 bits per heavy atom. The van der Waals surface area contributed by atoms with Gasteiger partial charge in [-0.3, -0.25) is 9.78 Å². The van der Waals surface area contributed by atoms with E-state index >= 15 is 0 Å². The molecule has 2 N–H and O–H groups in total. The highest BCUT2D eigenvalue weighted by molar-refractivity contribution is 6.10. The average Bonchev–Trinajstić information content (AvgIpc) is 2.54. The Kier molecular flexibility index (Phi) is 3.51. The van der Waals surface area contributed by atoms with E-state index in [0.717, 1.165) is 16.3 Å². The van der Waals surface area contributed by atoms with Gasteiger partial charge >= 0.3 is 0 Å². The van der Waals surface area contributed by atoms with Crippen LogP contribution in [0, 0.1) is 5.41 Å². The van der Waals surface area contributed by atoms with Crippen LogP contribution in [0.5, 0.6) is 0 Å². The minimum Gasteiger partial charge on any atom is -0.381 e. The van der Waals surface area contributed by atoms with Gasteiger partial charge in [-0.25, -0.2) is 0 Å². The first-order valence-corrected chi connectivity index (χ1v) is 6.92. The SMILES string of the molecule is NCC1(C(=O)c2cccc3cnccc23)CCOCC1. The third-order valence-electron chi connectivity index (χ3n) is 4.25. The van der Waals surface area contributed by atoms with E-state index in [9.17, 15) is 4.79 Å². The predicted molar refractivity (Wildman–Crippen MR) is 77.6 cm³/mol. The number of rotatable bonds is 3. The second-order valence-electron chi connectivity index (χ2n) is 5.33. The number of carbonyl (C=O) groups excluding carboxylic acids is 1. The molecule has 0 radical (unpaired) electrons. The van der Waals surface area contributed by atoms with Gasteiger partial charge in [-0.15, -0.1) is 0 Å². The lowest BCUT2D eigenvalue weighted by Crippen LogP contribution is -2.43. The lowest BCUT2D eigenvalue weighted by atomic mass is 9.73. The molecule has 1 fully saturated rings. The first-order valence-electron chi connectivity index (χ1n) is 6.92. The molecule has 0 bridgehead atoms. The number of carbonyl (C=O) groups is 1. The van der Waals surface area contributed by atoms with Crippen LogP contribution >= 0.6 is 0 Å². The lowest BCUT2D eigenvalue weighted by molar-refractivity contribution is 0.0201. The molecule has 1 aliphatic heterocycles. The molecule has 1 saturated heterocycles. The lowest BCUT2D eigenvalue weighted by Gasteiger charge is -2.34. The number of pyridine rings is 1. The maximum Gasteiger partial charge on any atom is 0.171 e. The zero-order valence-electron chi connectivity index (χ0n) is 11.3. The Bertz CT molecular complexity index is 628. The molecule has 2 aromatic rings. The summed E-state index contributed by atoms with van der Waals surface area (Å²) in [5.41, 5.74) is 6.20. The van der Waals surface area contributed by atoms with Crippen LogP contribution in [-0.2, 0) is 4.74 Å². The van der Waals surface area contributed by atoms with Crippen LogP contribution in [0.15, 0.2) is 36.7 Å². The zero-order valence-corrected chi connectivity index (χ0v) is 11.3. The maximum atomic E-state index is 13.0. The predicted octanol–water partition coefficient (Wildman–Crippen LogP) is 2.17. The summed E-state index contributed by atoms with van der Waals surface area (Å²) in [6, 6.07) is 7.66. The fraction of sp³-hybridized carbons (Fsp3) is 0.375. The van der Waals surface area contributed by atoms with E-state index in [-0.39, 0.29) is 5.78 Å². The molecule has 0 saturated carbocycles. The monoisotopic (exact) mass is 270 g/mol. The number of fused-ring (bicyclic) bond motifs is 1. The van der Waals surface area contributed by atoms with Gasteiger partial charge in [0.1, 0.15) is 0 Å². The molecule has 0 spiro atoms. The summed E-state index contributed by atoms with van der Waals surface area (Å²) in [5, 5.41) is 1.93. The standard InChI is InChI=1S/C16H18N2O2/c17-11-16(5-8-20-9-6-16)15(19)14-3-1-2-12-10-18-7-4-13(12)14/h1-4,7,10H,5-6,8-9,11,17H2. The molecule has 104 valence electrons. The molecule has 4 nitrogen and oxygen atoms in total. The van der Waals surface area contributed by atoms with Crippen LogP contribution in [0.1, 0.15) is 23.2 Å². The molecule has 20 heavy (non-hydrogen) atoms. The molecule has 1 aromatic heterocycles. The van der Waals surface area contributed by atoms with E-state index in [0.29, 0.717) is 32.6 Å². The molecule has 0 aliphatic carbocycles. The largest absolute Gasteiger partial charge is 0.381 e. The Labute approximate surface area is 117 Å². The van der Waals surface area contributed by atoms with Gasteiger partial charge in [0.2, 0.25) is 0 Å². The summed E-state index contributed by atoms with van der Waals surface area (Å²) >= 11 is 0. The molecule has 1 aromatic carbocycles. The van der Waals surface area contributed by atoms with Crippen molar-refractivity contribution in [2.45, 2.75) is 12.8 Å². The number of hydrogen-bond acceptors (Lipinski definition) is 4. The topological polar surface area (TPSA) is 65.2 Å². The van der Waals surface area contributed by atoms with Gasteiger partial charge in [-0.05, 0) is 24.3 Å². The molecule has 0 amide bonds. The minimum atomic E-state index is -0.476. The van der Waals surface area contributed by atoms with Gasteiger partial charge in [0.05, 0.1) is 5.41 Å². The summed E-state index contributed by atoms with van der Waals surface area (Å²) < 4.78 is 5.38. The zero-order chi connectivity index (χ0) is 14.0. The van der Waals surface area contributed by atoms with E-state index < -0.39 is 5.41 Å². The number of aromatic nitrogens is 1. The summed E-state index contributed by atoms with van der Waals surface area (Å²) in [7, 11) is 0. The van der Waals surface area contributed by atoms with Gasteiger partial charge in [0.25, 0.3) is 0 Å². The normalized spacial score (nSPS) is 18.1. The number of nitrogens with zero attached hydrogens (tertiary/aromatic N) is 1. The van der Waals surface area contributed by atoms with Crippen molar-refractivity contribution in [2.24, 2.45) is 11.1 Å². The van der Waals surface area contributed by atoms with Crippen LogP contribution in [0.2, 0.25) is 0 Å². The molecule has 0 atom stereocenters. The molecular formula is C16H18N2O2. The van der Waals surface area contributed by atoms with Gasteiger partial charge in [0.15, 0.2) is 5.78 Å². The molecule has 4 heteroatoms. The summed E-state index contributed by atoms with van der Waals surface area (Å²) in [4.78, 5) is 17.1. The van der Waals surface area contributed by atoms with Gasteiger partial charge in [0, 0.05) is 43.1 Å². The third kappa shape index (κ3) is 2.11. The van der Waals surface area contributed by atoms with Gasteiger partial charge in [-0.2, -0.15) is 0 Å². The van der Waals surface area contributed by atoms with Crippen LogP contribution in [0.3, 0.4) is 0 Å². The Morgan fingerprint density at radius 3 is 2.85 bits per heavy atom. The van der Waals surface area contributed by atoms with Crippen molar-refractivity contribution in [2.75, 3.05) is 19.8 Å². The van der Waals surface area contributed by atoms with Crippen molar-refractivity contribution < 1.29 is 9.53 Å². The molecule has 2 heterocycles. The van der Waals surface area contributed by atoms with E-state index in [1.165, 1.54) is 0 Å². The maximum absolute atomic E-state index is 13.0. The van der Waals surface area contributed by atoms with Crippen molar-refractivity contribution in [1.82, 2.24) is 4.98 Å². The highest BCUT2D eigenvalue weighted by Crippen LogP contribution is 2.35. The van der Waals surface area contributed by atoms with E-state index in [1.54, 1.807) is 12.4 Å². The van der Waals surface area contributed by atoms with Crippen LogP contribution in [0.25, 0.3) is 10.8 Å². The van der Waals surface area contributed by atoms with E-state index in [4.69, 9.17) is 10.5 Å². The first-order chi connectivity index (χ1) is 9.77. The smallest absolute Gasteiger partial charge is 0.171 e. The highest BCUT2D eigenvalue weighted by Gasteiger charge is 2.39. The second-order valence-corrected chi connectivity index (χ2v) is 5.33. The fourth-order valence-corrected chi connectivity index (χ4v) is 2.89. The molecule has 1 aliphatic rings. The number of ketones is 1. The van der Waals surface area contributed by atoms with Crippen LogP contribution in [-0.4, -0.2) is 30.5 Å². The Balaban J connectivity index is 2.08. The molecule has 3 rings (SSSR count). The average molecular weight is 270 g/mol. The Morgan fingerprint density at radius 2 is 2.10 bits per heavy atom. The van der Waals surface area contributed by atoms with Crippen LogP contribution < -0.4 is 5.73 Å². The van der Waals surface area contributed by atoms with Crippen molar-refractivity contribution >= 4 is 16.6 Å². The Hall–Kier alpha value is -1.78. The number of benzene rings is 1. The highest BCUT2D eigenvalue weighted by atomic mass is 16.5. The fourth-order valence-electron chi connectivity index (χ4n) is 2.89. The third-order valence-corrected chi connectivity index (χ3v) is 4.25. The number of hydrogen-bond donors (Lipinski definition) is 1. The van der Waals surface area contributed by atoms with Gasteiger partial charge in [-0.1, -0.05) is 18.2 Å². The van der Waals surface area contributed by atoms with E-state index in [2.05, 4.69) is 4.98 Å². The molecular weight excluding hydrogens is 252 g/mol. The van der Waals surface area contributed by atoms with E-state index in [1.807, 2.05) is 24.3 Å². The van der Waals surface area contributed by atoms with Crippen LogP contribution in [0.4, 0.5) is 0 Å². The summed E-state index contributed by atoms with van der Waals surface area (Å²) in [5.74, 6) is 0.139. The second kappa shape index (κ2) is 5.31.